The van der Waals surface area contributed by atoms with Crippen molar-refractivity contribution in [2.45, 2.75) is 0 Å². The number of hydrogen-bond donors (Lipinski definition) is 1. The topological polar surface area (TPSA) is 77.0 Å². The Morgan fingerprint density at radius 1 is 0.906 bits per heavy atom. The van der Waals surface area contributed by atoms with Crippen molar-refractivity contribution in [3.63, 3.8) is 0 Å². The predicted molar refractivity (Wildman–Crippen MR) is 136 cm³/mol. The highest BCUT2D eigenvalue weighted by molar-refractivity contribution is 9.11. The lowest BCUT2D eigenvalue weighted by atomic mass is 10.2. The second-order valence-electron chi connectivity index (χ2n) is 6.25. The molecular weight excluding hydrogens is 676 g/mol. The van der Waals surface area contributed by atoms with Crippen molar-refractivity contribution >= 4 is 81.8 Å². The van der Waals surface area contributed by atoms with Gasteiger partial charge in [-0.15, -0.1) is 0 Å². The molecule has 0 unspecified atom stereocenters. The van der Waals surface area contributed by atoms with Crippen molar-refractivity contribution in [3.05, 3.63) is 89.7 Å². The zero-order chi connectivity index (χ0) is 23.1. The highest BCUT2D eigenvalue weighted by atomic mass is 79.9. The average Bonchev–Trinajstić information content (AvgIpc) is 2.74. The van der Waals surface area contributed by atoms with Crippen LogP contribution in [0.4, 0.5) is 0 Å². The lowest BCUT2D eigenvalue weighted by Crippen LogP contribution is -2.24. The SMILES string of the molecule is O=C(COc1c(Br)cc(Br)cc1Br)N/N=C/c1ccc(OC(=O)c2cccc(Br)c2)cc1. The minimum atomic E-state index is -0.455. The van der Waals surface area contributed by atoms with Gasteiger partial charge in [0.05, 0.1) is 20.7 Å². The number of hydrogen-bond acceptors (Lipinski definition) is 5. The van der Waals surface area contributed by atoms with Crippen LogP contribution in [-0.2, 0) is 4.79 Å². The quantitative estimate of drug-likeness (QED) is 0.133. The van der Waals surface area contributed by atoms with Gasteiger partial charge < -0.3 is 9.47 Å². The fraction of sp³-hybridized carbons (Fsp3) is 0.0455. The molecule has 0 heterocycles. The zero-order valence-electron chi connectivity index (χ0n) is 16.2. The number of hydrazone groups is 1. The molecule has 0 bridgehead atoms. The van der Waals surface area contributed by atoms with Crippen LogP contribution in [0, 0.1) is 0 Å². The maximum absolute atomic E-state index is 12.2. The number of rotatable bonds is 7. The third kappa shape index (κ3) is 7.26. The number of amides is 1. The van der Waals surface area contributed by atoms with E-state index in [1.165, 1.54) is 6.21 Å². The molecule has 0 aliphatic rings. The van der Waals surface area contributed by atoms with Crippen LogP contribution < -0.4 is 14.9 Å². The van der Waals surface area contributed by atoms with E-state index in [2.05, 4.69) is 74.2 Å². The average molecular weight is 690 g/mol. The molecule has 6 nitrogen and oxygen atoms in total. The molecule has 0 aromatic heterocycles. The summed E-state index contributed by atoms with van der Waals surface area (Å²) < 4.78 is 14.0. The number of nitrogens with one attached hydrogen (secondary N) is 1. The highest BCUT2D eigenvalue weighted by Gasteiger charge is 2.11. The van der Waals surface area contributed by atoms with E-state index in [0.29, 0.717) is 31.6 Å². The number of carbonyl (C=O) groups excluding carboxylic acids is 2. The maximum Gasteiger partial charge on any atom is 0.343 e. The van der Waals surface area contributed by atoms with Crippen molar-refractivity contribution in [2.24, 2.45) is 5.10 Å². The summed E-state index contributed by atoms with van der Waals surface area (Å²) in [5.41, 5.74) is 3.56. The first-order chi connectivity index (χ1) is 15.3. The fourth-order valence-corrected chi connectivity index (χ4v) is 5.31. The molecule has 0 spiro atoms. The molecule has 0 fully saturated rings. The first-order valence-electron chi connectivity index (χ1n) is 8.99. The Morgan fingerprint density at radius 2 is 1.59 bits per heavy atom. The lowest BCUT2D eigenvalue weighted by Gasteiger charge is -2.09. The molecule has 10 heteroatoms. The van der Waals surface area contributed by atoms with Gasteiger partial charge in [0, 0.05) is 8.95 Å². The van der Waals surface area contributed by atoms with Crippen molar-refractivity contribution in [1.82, 2.24) is 5.43 Å². The summed E-state index contributed by atoms with van der Waals surface area (Å²) in [6.07, 6.45) is 1.48. The van der Waals surface area contributed by atoms with Crippen LogP contribution in [0.1, 0.15) is 15.9 Å². The van der Waals surface area contributed by atoms with Crippen molar-refractivity contribution in [2.75, 3.05) is 6.61 Å². The molecule has 0 radical (unpaired) electrons. The Hall–Kier alpha value is -2.01. The van der Waals surface area contributed by atoms with E-state index in [-0.39, 0.29) is 6.61 Å². The Balaban J connectivity index is 1.49. The van der Waals surface area contributed by atoms with Crippen LogP contribution in [0.15, 0.2) is 83.7 Å². The summed E-state index contributed by atoms with van der Waals surface area (Å²) in [7, 11) is 0. The Morgan fingerprint density at radius 3 is 2.25 bits per heavy atom. The van der Waals surface area contributed by atoms with E-state index in [1.54, 1.807) is 42.5 Å². The number of ether oxygens (including phenoxy) is 2. The zero-order valence-corrected chi connectivity index (χ0v) is 22.5. The van der Waals surface area contributed by atoms with Gasteiger partial charge >= 0.3 is 5.97 Å². The van der Waals surface area contributed by atoms with Crippen LogP contribution >= 0.6 is 63.7 Å². The summed E-state index contributed by atoms with van der Waals surface area (Å²) in [6.45, 7) is -0.208. The summed E-state index contributed by atoms with van der Waals surface area (Å²) >= 11 is 13.5. The fourth-order valence-electron chi connectivity index (χ4n) is 2.42. The van der Waals surface area contributed by atoms with E-state index in [0.717, 1.165) is 8.95 Å². The third-order valence-corrected chi connectivity index (χ3v) is 5.99. The van der Waals surface area contributed by atoms with Gasteiger partial charge in [-0.1, -0.05) is 37.9 Å². The summed E-state index contributed by atoms with van der Waals surface area (Å²) in [6, 6.07) is 17.3. The smallest absolute Gasteiger partial charge is 0.343 e. The maximum atomic E-state index is 12.2. The first kappa shape index (κ1) is 24.6. The predicted octanol–water partition coefficient (Wildman–Crippen LogP) is 6.48. The van der Waals surface area contributed by atoms with E-state index < -0.39 is 11.9 Å². The molecule has 164 valence electrons. The normalized spacial score (nSPS) is 10.8. The molecule has 0 saturated heterocycles. The number of nitrogens with zero attached hydrogens (tertiary/aromatic N) is 1. The lowest BCUT2D eigenvalue weighted by molar-refractivity contribution is -0.123. The molecule has 0 atom stereocenters. The monoisotopic (exact) mass is 686 g/mol. The van der Waals surface area contributed by atoms with Crippen LogP contribution in [0.5, 0.6) is 11.5 Å². The molecular formula is C22H14Br4N2O4. The molecule has 3 aromatic carbocycles. The number of benzene rings is 3. The molecule has 32 heavy (non-hydrogen) atoms. The second kappa shape index (κ2) is 11.7. The van der Waals surface area contributed by atoms with Gasteiger partial charge in [0.15, 0.2) is 6.61 Å². The number of carbonyl (C=O) groups is 2. The van der Waals surface area contributed by atoms with E-state index in [9.17, 15) is 9.59 Å². The van der Waals surface area contributed by atoms with Crippen molar-refractivity contribution in [3.8, 4) is 11.5 Å². The third-order valence-electron chi connectivity index (χ3n) is 3.86. The molecule has 1 amide bonds. The van der Waals surface area contributed by atoms with E-state index >= 15 is 0 Å². The minimum absolute atomic E-state index is 0.208. The summed E-state index contributed by atoms with van der Waals surface area (Å²) in [5, 5.41) is 3.91. The number of esters is 1. The molecule has 0 aliphatic heterocycles. The van der Waals surface area contributed by atoms with Gasteiger partial charge in [0.1, 0.15) is 11.5 Å². The van der Waals surface area contributed by atoms with E-state index in [1.807, 2.05) is 18.2 Å². The standard InChI is InChI=1S/C22H14Br4N2O4/c23-15-3-1-2-14(8-15)22(30)32-17-6-4-13(5-7-17)11-27-28-20(29)12-31-21-18(25)9-16(24)10-19(21)26/h1-11H,12H2,(H,28,29)/b27-11+. The molecule has 0 aliphatic carbocycles. The van der Waals surface area contributed by atoms with Crippen molar-refractivity contribution in [1.29, 1.82) is 0 Å². The van der Waals surface area contributed by atoms with Crippen LogP contribution in [0.3, 0.4) is 0 Å². The second-order valence-corrected chi connectivity index (χ2v) is 9.79. The van der Waals surface area contributed by atoms with Crippen LogP contribution in [0.25, 0.3) is 0 Å². The first-order valence-corrected chi connectivity index (χ1v) is 12.2. The Labute approximate surface area is 217 Å². The molecule has 3 rings (SSSR count). The Bertz CT molecular complexity index is 1140. The largest absolute Gasteiger partial charge is 0.481 e. The van der Waals surface area contributed by atoms with Gasteiger partial charge in [-0.05, 0) is 92.0 Å². The van der Waals surface area contributed by atoms with Gasteiger partial charge in [0.2, 0.25) is 0 Å². The van der Waals surface area contributed by atoms with Gasteiger partial charge in [-0.2, -0.15) is 5.10 Å². The van der Waals surface area contributed by atoms with E-state index in [4.69, 9.17) is 9.47 Å². The summed E-state index contributed by atoms with van der Waals surface area (Å²) in [4.78, 5) is 24.2. The molecule has 0 saturated carbocycles. The van der Waals surface area contributed by atoms with Gasteiger partial charge in [-0.25, -0.2) is 10.2 Å². The van der Waals surface area contributed by atoms with Gasteiger partial charge in [-0.3, -0.25) is 4.79 Å². The van der Waals surface area contributed by atoms with Crippen molar-refractivity contribution < 1.29 is 19.1 Å². The highest BCUT2D eigenvalue weighted by Crippen LogP contribution is 2.36. The van der Waals surface area contributed by atoms with Gasteiger partial charge in [0.25, 0.3) is 5.91 Å². The Kier molecular flexibility index (Phi) is 9.03. The molecule has 1 N–H and O–H groups in total. The minimum Gasteiger partial charge on any atom is -0.481 e. The number of halogens is 4. The van der Waals surface area contributed by atoms with Crippen LogP contribution in [-0.4, -0.2) is 24.7 Å². The summed E-state index contributed by atoms with van der Waals surface area (Å²) in [5.74, 6) is 0.0436. The molecule has 3 aromatic rings. The van der Waals surface area contributed by atoms with Crippen LogP contribution in [0.2, 0.25) is 0 Å².